The Morgan fingerprint density at radius 2 is 1.86 bits per heavy atom. The number of benzene rings is 1. The molecule has 1 aromatic carbocycles. The molecule has 116 valence electrons. The van der Waals surface area contributed by atoms with Gasteiger partial charge in [-0.3, -0.25) is 10.7 Å². The number of carbonyl (C=O) groups excluding carboxylic acids is 1. The third-order valence-electron chi connectivity index (χ3n) is 2.43. The Bertz CT molecular complexity index is 550. The molecule has 0 aromatic heterocycles. The zero-order valence-corrected chi connectivity index (χ0v) is 12.9. The van der Waals surface area contributed by atoms with E-state index in [4.69, 9.17) is 25.4 Å². The van der Waals surface area contributed by atoms with Crippen molar-refractivity contribution in [1.82, 2.24) is 0 Å². The van der Waals surface area contributed by atoms with Crippen LogP contribution in [0.5, 0.6) is 11.5 Å². The normalized spacial score (nSPS) is 10.7. The van der Waals surface area contributed by atoms with Crippen LogP contribution in [0.15, 0.2) is 12.1 Å². The van der Waals surface area contributed by atoms with Crippen LogP contribution >= 0.6 is 0 Å². The number of carbonyl (C=O) groups is 1. The zero-order chi connectivity index (χ0) is 16.2. The molecule has 0 bridgehead atoms. The smallest absolute Gasteiger partial charge is 0.412 e. The number of methoxy groups -OCH3 is 2. The van der Waals surface area contributed by atoms with Crippen LogP contribution in [-0.2, 0) is 4.74 Å². The van der Waals surface area contributed by atoms with E-state index in [0.29, 0.717) is 22.7 Å². The Balaban J connectivity index is 3.17. The largest absolute Gasteiger partial charge is 0.493 e. The van der Waals surface area contributed by atoms with Gasteiger partial charge >= 0.3 is 6.09 Å². The van der Waals surface area contributed by atoms with E-state index in [0.717, 1.165) is 0 Å². The van der Waals surface area contributed by atoms with E-state index < -0.39 is 11.7 Å². The van der Waals surface area contributed by atoms with Crippen molar-refractivity contribution in [2.24, 2.45) is 5.73 Å². The summed E-state index contributed by atoms with van der Waals surface area (Å²) in [4.78, 5) is 11.9. The van der Waals surface area contributed by atoms with E-state index in [9.17, 15) is 4.79 Å². The number of nitrogens with one attached hydrogen (secondary N) is 2. The fourth-order valence-electron chi connectivity index (χ4n) is 1.63. The molecule has 0 heterocycles. The number of amidine groups is 1. The number of anilines is 1. The lowest BCUT2D eigenvalue weighted by molar-refractivity contribution is 0.0635. The van der Waals surface area contributed by atoms with Crippen LogP contribution in [0.2, 0.25) is 0 Å². The first-order valence-electron chi connectivity index (χ1n) is 6.28. The topological polar surface area (TPSA) is 107 Å². The van der Waals surface area contributed by atoms with Gasteiger partial charge in [-0.05, 0) is 32.9 Å². The molecule has 0 fully saturated rings. The summed E-state index contributed by atoms with van der Waals surface area (Å²) >= 11 is 0. The van der Waals surface area contributed by atoms with Gasteiger partial charge in [0.1, 0.15) is 11.4 Å². The van der Waals surface area contributed by atoms with Gasteiger partial charge in [0.15, 0.2) is 11.5 Å². The minimum absolute atomic E-state index is 0.150. The van der Waals surface area contributed by atoms with Gasteiger partial charge in [0.2, 0.25) is 0 Å². The molecule has 0 atom stereocenters. The van der Waals surface area contributed by atoms with Gasteiger partial charge in [-0.1, -0.05) is 0 Å². The second-order valence-electron chi connectivity index (χ2n) is 5.30. The summed E-state index contributed by atoms with van der Waals surface area (Å²) in [6, 6.07) is 3.08. The Hall–Kier alpha value is -2.44. The summed E-state index contributed by atoms with van der Waals surface area (Å²) in [7, 11) is 2.91. The number of hydrogen-bond donors (Lipinski definition) is 3. The van der Waals surface area contributed by atoms with Crippen molar-refractivity contribution < 1.29 is 19.0 Å². The Labute approximate surface area is 123 Å². The highest BCUT2D eigenvalue weighted by Crippen LogP contribution is 2.36. The van der Waals surface area contributed by atoms with E-state index in [1.165, 1.54) is 20.3 Å². The second-order valence-corrected chi connectivity index (χ2v) is 5.30. The second kappa shape index (κ2) is 6.34. The van der Waals surface area contributed by atoms with E-state index in [-0.39, 0.29) is 5.84 Å². The van der Waals surface area contributed by atoms with Crippen LogP contribution < -0.4 is 20.5 Å². The molecule has 1 aromatic rings. The molecule has 0 spiro atoms. The Morgan fingerprint density at radius 3 is 2.29 bits per heavy atom. The quantitative estimate of drug-likeness (QED) is 0.584. The molecule has 4 N–H and O–H groups in total. The molecule has 0 saturated carbocycles. The fourth-order valence-corrected chi connectivity index (χ4v) is 1.63. The average molecular weight is 295 g/mol. The molecule has 1 rings (SSSR count). The highest BCUT2D eigenvalue weighted by molar-refractivity contribution is 5.98. The molecular formula is C14H21N3O4. The van der Waals surface area contributed by atoms with Crippen molar-refractivity contribution in [3.63, 3.8) is 0 Å². The Kier molecular flexibility index (Phi) is 5.02. The SMILES string of the molecule is COc1cc(C(=N)N)cc(NC(=O)OC(C)(C)C)c1OC. The summed E-state index contributed by atoms with van der Waals surface area (Å²) in [6.07, 6.45) is -0.636. The van der Waals surface area contributed by atoms with Crippen molar-refractivity contribution in [2.45, 2.75) is 26.4 Å². The predicted octanol–water partition coefficient (Wildman–Crippen LogP) is 2.33. The van der Waals surface area contributed by atoms with Crippen molar-refractivity contribution in [1.29, 1.82) is 5.41 Å². The monoisotopic (exact) mass is 295 g/mol. The molecule has 7 heteroatoms. The molecule has 0 aliphatic heterocycles. The van der Waals surface area contributed by atoms with Crippen molar-refractivity contribution in [2.75, 3.05) is 19.5 Å². The first kappa shape index (κ1) is 16.6. The molecule has 7 nitrogen and oxygen atoms in total. The zero-order valence-electron chi connectivity index (χ0n) is 12.9. The lowest BCUT2D eigenvalue weighted by atomic mass is 10.1. The first-order chi connectivity index (χ1) is 9.67. The van der Waals surface area contributed by atoms with Gasteiger partial charge in [0.25, 0.3) is 0 Å². The van der Waals surface area contributed by atoms with Gasteiger partial charge < -0.3 is 19.9 Å². The number of rotatable bonds is 4. The maximum atomic E-state index is 11.9. The van der Waals surface area contributed by atoms with Gasteiger partial charge in [0, 0.05) is 5.56 Å². The maximum Gasteiger partial charge on any atom is 0.412 e. The van der Waals surface area contributed by atoms with E-state index in [2.05, 4.69) is 5.32 Å². The molecule has 0 aliphatic rings. The average Bonchev–Trinajstić information content (AvgIpc) is 2.35. The molecular weight excluding hydrogens is 274 g/mol. The van der Waals surface area contributed by atoms with Gasteiger partial charge in [-0.15, -0.1) is 0 Å². The summed E-state index contributed by atoms with van der Waals surface area (Å²) in [5, 5.41) is 10.1. The summed E-state index contributed by atoms with van der Waals surface area (Å²) < 4.78 is 15.6. The molecule has 0 aliphatic carbocycles. The number of ether oxygens (including phenoxy) is 3. The molecule has 0 unspecified atom stereocenters. The standard InChI is InChI=1S/C14H21N3O4/c1-14(2,3)21-13(18)17-9-6-8(12(15)16)7-10(19-4)11(9)20-5/h6-7H,1-5H3,(H3,15,16)(H,17,18). The van der Waals surface area contributed by atoms with Gasteiger partial charge in [-0.25, -0.2) is 4.79 Å². The highest BCUT2D eigenvalue weighted by atomic mass is 16.6. The minimum Gasteiger partial charge on any atom is -0.493 e. The number of amides is 1. The molecule has 0 saturated heterocycles. The van der Waals surface area contributed by atoms with Crippen molar-refractivity contribution in [3.05, 3.63) is 17.7 Å². The fraction of sp³-hybridized carbons (Fsp3) is 0.429. The lowest BCUT2D eigenvalue weighted by Gasteiger charge is -2.21. The van der Waals surface area contributed by atoms with Crippen LogP contribution in [0.3, 0.4) is 0 Å². The first-order valence-corrected chi connectivity index (χ1v) is 6.28. The van der Waals surface area contributed by atoms with Gasteiger partial charge in [0.05, 0.1) is 19.9 Å². The number of nitrogens with two attached hydrogens (primary N) is 1. The van der Waals surface area contributed by atoms with Gasteiger partial charge in [-0.2, -0.15) is 0 Å². The third kappa shape index (κ3) is 4.55. The summed E-state index contributed by atoms with van der Waals surface area (Å²) in [5.74, 6) is 0.535. The van der Waals surface area contributed by atoms with E-state index in [1.807, 2.05) is 0 Å². The van der Waals surface area contributed by atoms with Crippen LogP contribution in [-0.4, -0.2) is 31.7 Å². The molecule has 1 amide bonds. The number of hydrogen-bond acceptors (Lipinski definition) is 5. The van der Waals surface area contributed by atoms with Crippen LogP contribution in [0.25, 0.3) is 0 Å². The van der Waals surface area contributed by atoms with E-state index in [1.54, 1.807) is 26.8 Å². The van der Waals surface area contributed by atoms with Crippen LogP contribution in [0, 0.1) is 5.41 Å². The molecule has 0 radical (unpaired) electrons. The van der Waals surface area contributed by atoms with Crippen LogP contribution in [0.1, 0.15) is 26.3 Å². The lowest BCUT2D eigenvalue weighted by Crippen LogP contribution is -2.27. The maximum absolute atomic E-state index is 11.9. The third-order valence-corrected chi connectivity index (χ3v) is 2.43. The van der Waals surface area contributed by atoms with Crippen molar-refractivity contribution >= 4 is 17.6 Å². The van der Waals surface area contributed by atoms with Crippen molar-refractivity contribution in [3.8, 4) is 11.5 Å². The highest BCUT2D eigenvalue weighted by Gasteiger charge is 2.20. The summed E-state index contributed by atoms with van der Waals surface area (Å²) in [5.41, 5.74) is 5.57. The van der Waals surface area contributed by atoms with Crippen LogP contribution in [0.4, 0.5) is 10.5 Å². The predicted molar refractivity (Wildman–Crippen MR) is 80.4 cm³/mol. The Morgan fingerprint density at radius 1 is 1.24 bits per heavy atom. The number of nitrogen functional groups attached to an aromatic ring is 1. The van der Waals surface area contributed by atoms with E-state index >= 15 is 0 Å². The summed E-state index contributed by atoms with van der Waals surface area (Å²) in [6.45, 7) is 5.28. The minimum atomic E-state index is -0.636. The molecule has 21 heavy (non-hydrogen) atoms.